The number of hydrogen-bond acceptors (Lipinski definition) is 3. The summed E-state index contributed by atoms with van der Waals surface area (Å²) in [5.41, 5.74) is 0.272. The lowest BCUT2D eigenvalue weighted by Crippen LogP contribution is -2.12. The highest BCUT2D eigenvalue weighted by Crippen LogP contribution is 2.30. The molecule has 80 valence electrons. The zero-order valence-electron chi connectivity index (χ0n) is 8.48. The van der Waals surface area contributed by atoms with Crippen LogP contribution in [0.15, 0.2) is 29.1 Å². The summed E-state index contributed by atoms with van der Waals surface area (Å²) >= 11 is 0. The van der Waals surface area contributed by atoms with E-state index in [1.807, 2.05) is 0 Å². The molecule has 1 aliphatic rings. The van der Waals surface area contributed by atoms with Gasteiger partial charge in [0, 0.05) is 12.2 Å². The van der Waals surface area contributed by atoms with E-state index in [1.165, 1.54) is 6.07 Å². The molecule has 1 atom stereocenters. The molecule has 15 heavy (non-hydrogen) atoms. The van der Waals surface area contributed by atoms with E-state index in [4.69, 9.17) is 4.74 Å². The molecule has 1 N–H and O–H groups in total. The Morgan fingerprint density at radius 1 is 1.27 bits per heavy atom. The fourth-order valence-corrected chi connectivity index (χ4v) is 1.85. The van der Waals surface area contributed by atoms with Gasteiger partial charge in [-0.05, 0) is 25.3 Å². The van der Waals surface area contributed by atoms with Crippen molar-refractivity contribution in [3.05, 3.63) is 40.1 Å². The molecule has 1 unspecified atom stereocenters. The highest BCUT2D eigenvalue weighted by Gasteiger charge is 2.19. The van der Waals surface area contributed by atoms with Gasteiger partial charge in [-0.3, -0.25) is 4.79 Å². The van der Waals surface area contributed by atoms with Crippen molar-refractivity contribution >= 4 is 0 Å². The minimum atomic E-state index is -0.343. The van der Waals surface area contributed by atoms with Gasteiger partial charge in [0.25, 0.3) is 0 Å². The molecule has 1 aliphatic heterocycles. The molecule has 0 aromatic heterocycles. The Balaban J connectivity index is 2.39. The van der Waals surface area contributed by atoms with E-state index in [1.54, 1.807) is 18.2 Å². The number of hydrogen-bond donors (Lipinski definition) is 1. The van der Waals surface area contributed by atoms with Crippen LogP contribution in [0.2, 0.25) is 0 Å². The summed E-state index contributed by atoms with van der Waals surface area (Å²) in [4.78, 5) is 11.4. The highest BCUT2D eigenvalue weighted by molar-refractivity contribution is 5.32. The Morgan fingerprint density at radius 3 is 2.80 bits per heavy atom. The lowest BCUT2D eigenvalue weighted by molar-refractivity contribution is 0.0136. The quantitative estimate of drug-likeness (QED) is 0.764. The lowest BCUT2D eigenvalue weighted by atomic mass is 10.0. The fraction of sp³-hybridized carbons (Fsp3) is 0.417. The van der Waals surface area contributed by atoms with Crippen molar-refractivity contribution in [2.24, 2.45) is 0 Å². The van der Waals surface area contributed by atoms with Gasteiger partial charge in [-0.1, -0.05) is 18.2 Å². The zero-order chi connectivity index (χ0) is 10.7. The number of rotatable bonds is 1. The van der Waals surface area contributed by atoms with Crippen LogP contribution in [0.4, 0.5) is 0 Å². The van der Waals surface area contributed by atoms with Crippen molar-refractivity contribution in [1.82, 2.24) is 0 Å². The first-order chi connectivity index (χ1) is 7.29. The first kappa shape index (κ1) is 10.2. The lowest BCUT2D eigenvalue weighted by Gasteiger charge is -2.22. The maximum atomic E-state index is 11.4. The van der Waals surface area contributed by atoms with E-state index in [0.717, 1.165) is 19.3 Å². The molecule has 0 radical (unpaired) electrons. The van der Waals surface area contributed by atoms with Crippen LogP contribution >= 0.6 is 0 Å². The molecule has 2 rings (SSSR count). The minimum Gasteiger partial charge on any atom is -0.504 e. The van der Waals surface area contributed by atoms with Gasteiger partial charge in [0.05, 0.1) is 6.10 Å². The molecule has 1 saturated heterocycles. The van der Waals surface area contributed by atoms with Crippen LogP contribution < -0.4 is 5.43 Å². The second-order valence-corrected chi connectivity index (χ2v) is 3.74. The normalized spacial score (nSPS) is 21.2. The molecule has 1 heterocycles. The minimum absolute atomic E-state index is 0.126. The monoisotopic (exact) mass is 206 g/mol. The summed E-state index contributed by atoms with van der Waals surface area (Å²) in [5.74, 6) is -0.174. The number of aromatic hydroxyl groups is 1. The second kappa shape index (κ2) is 4.45. The van der Waals surface area contributed by atoms with Crippen LogP contribution in [0.25, 0.3) is 0 Å². The summed E-state index contributed by atoms with van der Waals surface area (Å²) in [7, 11) is 0. The molecule has 0 amide bonds. The molecule has 0 saturated carbocycles. The molecular formula is C12H14O3. The predicted molar refractivity (Wildman–Crippen MR) is 56.9 cm³/mol. The van der Waals surface area contributed by atoms with Gasteiger partial charge in [-0.2, -0.15) is 0 Å². The summed E-state index contributed by atoms with van der Waals surface area (Å²) in [6, 6.07) is 6.51. The Hall–Kier alpha value is -1.35. The molecule has 3 nitrogen and oxygen atoms in total. The SMILES string of the molecule is O=c1ccccc(C2CCCCO2)c1O. The third-order valence-electron chi connectivity index (χ3n) is 2.67. The van der Waals surface area contributed by atoms with Gasteiger partial charge >= 0.3 is 0 Å². The van der Waals surface area contributed by atoms with E-state index in [0.29, 0.717) is 12.2 Å². The standard InChI is InChI=1S/C12H14O3/c13-10-6-2-1-5-9(12(10)14)11-7-3-4-8-15-11/h1-2,5-6,11H,3-4,7-8H2,(H,13,14). The molecule has 1 aromatic carbocycles. The molecule has 3 heteroatoms. The zero-order valence-corrected chi connectivity index (χ0v) is 8.48. The molecule has 0 spiro atoms. The molecular weight excluding hydrogens is 192 g/mol. The Bertz CT molecular complexity index is 394. The van der Waals surface area contributed by atoms with E-state index < -0.39 is 0 Å². The van der Waals surface area contributed by atoms with E-state index >= 15 is 0 Å². The van der Waals surface area contributed by atoms with Crippen molar-refractivity contribution in [3.63, 3.8) is 0 Å². The Morgan fingerprint density at radius 2 is 2.07 bits per heavy atom. The van der Waals surface area contributed by atoms with Crippen molar-refractivity contribution < 1.29 is 9.84 Å². The summed E-state index contributed by atoms with van der Waals surface area (Å²) < 4.78 is 5.54. The van der Waals surface area contributed by atoms with Gasteiger partial charge in [0.1, 0.15) is 0 Å². The third-order valence-corrected chi connectivity index (χ3v) is 2.67. The van der Waals surface area contributed by atoms with Gasteiger partial charge in [0.2, 0.25) is 5.43 Å². The molecule has 0 bridgehead atoms. The second-order valence-electron chi connectivity index (χ2n) is 3.74. The average Bonchev–Trinajstić information content (AvgIpc) is 2.44. The van der Waals surface area contributed by atoms with Crippen LogP contribution in [0.3, 0.4) is 0 Å². The smallest absolute Gasteiger partial charge is 0.220 e. The van der Waals surface area contributed by atoms with E-state index in [2.05, 4.69) is 0 Å². The third kappa shape index (κ3) is 2.18. The van der Waals surface area contributed by atoms with Gasteiger partial charge in [0.15, 0.2) is 5.75 Å². The van der Waals surface area contributed by atoms with Crippen LogP contribution in [0.1, 0.15) is 30.9 Å². The van der Waals surface area contributed by atoms with Crippen LogP contribution in [0, 0.1) is 0 Å². The van der Waals surface area contributed by atoms with Crippen molar-refractivity contribution in [2.45, 2.75) is 25.4 Å². The summed E-state index contributed by atoms with van der Waals surface area (Å²) in [6.45, 7) is 0.705. The topological polar surface area (TPSA) is 46.5 Å². The van der Waals surface area contributed by atoms with Crippen molar-refractivity contribution in [1.29, 1.82) is 0 Å². The van der Waals surface area contributed by atoms with Crippen molar-refractivity contribution in [3.8, 4) is 5.75 Å². The van der Waals surface area contributed by atoms with Gasteiger partial charge < -0.3 is 9.84 Å². The summed E-state index contributed by atoms with van der Waals surface area (Å²) in [6.07, 6.45) is 2.88. The van der Waals surface area contributed by atoms with Crippen LogP contribution in [-0.4, -0.2) is 11.7 Å². The largest absolute Gasteiger partial charge is 0.504 e. The summed E-state index contributed by atoms with van der Waals surface area (Å²) in [5, 5.41) is 9.72. The maximum Gasteiger partial charge on any atom is 0.220 e. The Labute approximate surface area is 88.3 Å². The first-order valence-corrected chi connectivity index (χ1v) is 5.23. The van der Waals surface area contributed by atoms with E-state index in [9.17, 15) is 9.90 Å². The molecule has 0 aliphatic carbocycles. The first-order valence-electron chi connectivity index (χ1n) is 5.23. The highest BCUT2D eigenvalue weighted by atomic mass is 16.5. The fourth-order valence-electron chi connectivity index (χ4n) is 1.85. The van der Waals surface area contributed by atoms with E-state index in [-0.39, 0.29) is 17.3 Å². The Kier molecular flexibility index (Phi) is 3.02. The van der Waals surface area contributed by atoms with Crippen LogP contribution in [-0.2, 0) is 4.74 Å². The van der Waals surface area contributed by atoms with Gasteiger partial charge in [-0.25, -0.2) is 0 Å². The van der Waals surface area contributed by atoms with Gasteiger partial charge in [-0.15, -0.1) is 0 Å². The average molecular weight is 206 g/mol. The number of ether oxygens (including phenoxy) is 1. The molecule has 1 aromatic rings. The van der Waals surface area contributed by atoms with Crippen LogP contribution in [0.5, 0.6) is 5.75 Å². The predicted octanol–water partition coefficient (Wildman–Crippen LogP) is 1.99. The molecule has 1 fully saturated rings. The maximum absolute atomic E-state index is 11.4. The van der Waals surface area contributed by atoms with Crippen molar-refractivity contribution in [2.75, 3.05) is 6.61 Å².